The molecule has 0 radical (unpaired) electrons. The molecule has 3 N–H and O–H groups in total. The summed E-state index contributed by atoms with van der Waals surface area (Å²) in [5, 5.41) is 13.5. The van der Waals surface area contributed by atoms with Crippen molar-refractivity contribution >= 4 is 27.3 Å². The number of thiophene rings is 1. The van der Waals surface area contributed by atoms with E-state index in [0.717, 1.165) is 11.3 Å². The van der Waals surface area contributed by atoms with Gasteiger partial charge in [-0.1, -0.05) is 6.07 Å². The SMILES string of the molecule is COCC(O)CNC(=O)CCNS(=O)(=O)c1cccs1. The van der Waals surface area contributed by atoms with Crippen molar-refractivity contribution in [3.63, 3.8) is 0 Å². The molecule has 1 unspecified atom stereocenters. The van der Waals surface area contributed by atoms with Crippen LogP contribution < -0.4 is 10.0 Å². The number of ether oxygens (including phenoxy) is 1. The molecule has 0 aliphatic carbocycles. The van der Waals surface area contributed by atoms with Gasteiger partial charge in [-0.2, -0.15) is 0 Å². The molecule has 1 aromatic heterocycles. The number of hydrogen-bond donors (Lipinski definition) is 3. The maximum atomic E-state index is 11.7. The minimum absolute atomic E-state index is 0.00427. The molecule has 1 heterocycles. The first kappa shape index (κ1) is 17.1. The van der Waals surface area contributed by atoms with Crippen LogP contribution in [0.2, 0.25) is 0 Å². The van der Waals surface area contributed by atoms with Crippen molar-refractivity contribution in [1.82, 2.24) is 10.0 Å². The van der Waals surface area contributed by atoms with Crippen molar-refractivity contribution in [3.8, 4) is 0 Å². The standard InChI is InChI=1S/C11H18N2O5S2/c1-18-8-9(14)7-12-10(15)4-5-13-20(16,17)11-3-2-6-19-11/h2-3,6,9,13-14H,4-5,7-8H2,1H3,(H,12,15). The van der Waals surface area contributed by atoms with Crippen LogP contribution in [-0.4, -0.2) is 52.3 Å². The second-order valence-electron chi connectivity index (χ2n) is 3.99. The number of hydrogen-bond acceptors (Lipinski definition) is 6. The fourth-order valence-corrected chi connectivity index (χ4v) is 3.43. The Morgan fingerprint density at radius 1 is 1.55 bits per heavy atom. The lowest BCUT2D eigenvalue weighted by Gasteiger charge is -2.10. The number of aliphatic hydroxyl groups excluding tert-OH is 1. The minimum Gasteiger partial charge on any atom is -0.389 e. The molecule has 0 aliphatic heterocycles. The third-order valence-corrected chi connectivity index (χ3v) is 5.16. The van der Waals surface area contributed by atoms with Gasteiger partial charge in [0.1, 0.15) is 4.21 Å². The Kier molecular flexibility index (Phi) is 7.10. The number of sulfonamides is 1. The zero-order chi connectivity index (χ0) is 15.0. The fraction of sp³-hybridized carbons (Fsp3) is 0.545. The molecule has 7 nitrogen and oxygen atoms in total. The van der Waals surface area contributed by atoms with Crippen molar-refractivity contribution in [2.24, 2.45) is 0 Å². The monoisotopic (exact) mass is 322 g/mol. The Labute approximate surface area is 122 Å². The van der Waals surface area contributed by atoms with E-state index < -0.39 is 16.1 Å². The molecule has 1 rings (SSSR count). The maximum absolute atomic E-state index is 11.7. The molecule has 0 saturated heterocycles. The summed E-state index contributed by atoms with van der Waals surface area (Å²) in [6.45, 7) is 0.210. The van der Waals surface area contributed by atoms with Gasteiger partial charge in [0.15, 0.2) is 0 Å². The van der Waals surface area contributed by atoms with Gasteiger partial charge in [-0.3, -0.25) is 4.79 Å². The van der Waals surface area contributed by atoms with E-state index in [2.05, 4.69) is 10.0 Å². The zero-order valence-corrected chi connectivity index (χ0v) is 12.7. The largest absolute Gasteiger partial charge is 0.389 e. The molecule has 1 amide bonds. The normalized spacial score (nSPS) is 13.1. The van der Waals surface area contributed by atoms with Gasteiger partial charge in [0.2, 0.25) is 15.9 Å². The number of nitrogens with one attached hydrogen (secondary N) is 2. The Morgan fingerprint density at radius 3 is 2.90 bits per heavy atom. The summed E-state index contributed by atoms with van der Waals surface area (Å²) in [4.78, 5) is 11.4. The number of carbonyl (C=O) groups excluding carboxylic acids is 1. The van der Waals surface area contributed by atoms with E-state index in [0.29, 0.717) is 0 Å². The Hall–Kier alpha value is -1.00. The first-order valence-electron chi connectivity index (χ1n) is 5.92. The summed E-state index contributed by atoms with van der Waals surface area (Å²) in [6.07, 6.45) is -0.767. The van der Waals surface area contributed by atoms with E-state index in [1.54, 1.807) is 11.4 Å². The molecule has 0 spiro atoms. The van der Waals surface area contributed by atoms with Gasteiger partial charge in [-0.15, -0.1) is 11.3 Å². The highest BCUT2D eigenvalue weighted by Gasteiger charge is 2.15. The Balaban J connectivity index is 2.25. The van der Waals surface area contributed by atoms with E-state index in [9.17, 15) is 18.3 Å². The number of aliphatic hydroxyl groups is 1. The summed E-state index contributed by atoms with van der Waals surface area (Å²) in [6, 6.07) is 3.14. The predicted molar refractivity (Wildman–Crippen MR) is 75.0 cm³/mol. The van der Waals surface area contributed by atoms with Gasteiger partial charge >= 0.3 is 0 Å². The summed E-state index contributed by atoms with van der Waals surface area (Å²) in [7, 11) is -2.08. The molecule has 114 valence electrons. The van der Waals surface area contributed by atoms with Crippen LogP contribution in [0.25, 0.3) is 0 Å². The van der Waals surface area contributed by atoms with Crippen molar-refractivity contribution in [3.05, 3.63) is 17.5 Å². The second-order valence-corrected chi connectivity index (χ2v) is 6.93. The first-order valence-corrected chi connectivity index (χ1v) is 8.29. The molecule has 0 saturated carbocycles. The molecule has 20 heavy (non-hydrogen) atoms. The molecule has 1 atom stereocenters. The third kappa shape index (κ3) is 5.97. The number of rotatable bonds is 9. The number of methoxy groups -OCH3 is 1. The van der Waals surface area contributed by atoms with E-state index in [1.807, 2.05) is 0 Å². The topological polar surface area (TPSA) is 105 Å². The minimum atomic E-state index is -3.53. The van der Waals surface area contributed by atoms with Crippen LogP contribution in [-0.2, 0) is 19.6 Å². The summed E-state index contributed by atoms with van der Waals surface area (Å²) in [5.74, 6) is -0.339. The summed E-state index contributed by atoms with van der Waals surface area (Å²) < 4.78 is 30.7. The van der Waals surface area contributed by atoms with Crippen LogP contribution >= 0.6 is 11.3 Å². The van der Waals surface area contributed by atoms with E-state index in [1.165, 1.54) is 13.2 Å². The lowest BCUT2D eigenvalue weighted by atomic mass is 10.3. The highest BCUT2D eigenvalue weighted by atomic mass is 32.2. The van der Waals surface area contributed by atoms with Crippen LogP contribution in [0.4, 0.5) is 0 Å². The molecular formula is C11H18N2O5S2. The molecule has 1 aromatic rings. The first-order chi connectivity index (χ1) is 9.45. The Morgan fingerprint density at radius 2 is 2.30 bits per heavy atom. The third-order valence-electron chi connectivity index (χ3n) is 2.30. The number of carbonyl (C=O) groups is 1. The van der Waals surface area contributed by atoms with Crippen LogP contribution in [0, 0.1) is 0 Å². The predicted octanol–water partition coefficient (Wildman–Crippen LogP) is -0.460. The maximum Gasteiger partial charge on any atom is 0.250 e. The van der Waals surface area contributed by atoms with E-state index >= 15 is 0 Å². The van der Waals surface area contributed by atoms with Crippen molar-refractivity contribution in [2.75, 3.05) is 26.8 Å². The van der Waals surface area contributed by atoms with Gasteiger partial charge < -0.3 is 15.2 Å². The lowest BCUT2D eigenvalue weighted by Crippen LogP contribution is -2.36. The van der Waals surface area contributed by atoms with Gasteiger partial charge in [0, 0.05) is 26.6 Å². The molecular weight excluding hydrogens is 304 g/mol. The van der Waals surface area contributed by atoms with Gasteiger partial charge in [0.05, 0.1) is 12.7 Å². The van der Waals surface area contributed by atoms with Crippen molar-refractivity contribution in [2.45, 2.75) is 16.7 Å². The van der Waals surface area contributed by atoms with Crippen LogP contribution in [0.15, 0.2) is 21.7 Å². The molecule has 9 heteroatoms. The van der Waals surface area contributed by atoms with Crippen LogP contribution in [0.5, 0.6) is 0 Å². The molecule has 0 bridgehead atoms. The second kappa shape index (κ2) is 8.32. The quantitative estimate of drug-likeness (QED) is 0.571. The Bertz CT molecular complexity index is 501. The van der Waals surface area contributed by atoms with Crippen molar-refractivity contribution in [1.29, 1.82) is 0 Å². The summed E-state index contributed by atoms with van der Waals surface area (Å²) in [5.41, 5.74) is 0. The average molecular weight is 322 g/mol. The van der Waals surface area contributed by atoms with Crippen LogP contribution in [0.1, 0.15) is 6.42 Å². The van der Waals surface area contributed by atoms with Crippen LogP contribution in [0.3, 0.4) is 0 Å². The van der Waals surface area contributed by atoms with Gasteiger partial charge in [0.25, 0.3) is 0 Å². The van der Waals surface area contributed by atoms with E-state index in [-0.39, 0.29) is 36.2 Å². The highest BCUT2D eigenvalue weighted by Crippen LogP contribution is 2.14. The fourth-order valence-electron chi connectivity index (χ4n) is 1.36. The lowest BCUT2D eigenvalue weighted by molar-refractivity contribution is -0.121. The zero-order valence-electron chi connectivity index (χ0n) is 11.0. The molecule has 0 fully saturated rings. The van der Waals surface area contributed by atoms with Gasteiger partial charge in [-0.25, -0.2) is 13.1 Å². The molecule has 0 aromatic carbocycles. The smallest absolute Gasteiger partial charge is 0.250 e. The highest BCUT2D eigenvalue weighted by molar-refractivity contribution is 7.91. The number of amides is 1. The van der Waals surface area contributed by atoms with Crippen molar-refractivity contribution < 1.29 is 23.1 Å². The average Bonchev–Trinajstić information content (AvgIpc) is 2.91. The van der Waals surface area contributed by atoms with E-state index in [4.69, 9.17) is 4.74 Å². The molecule has 0 aliphatic rings. The summed E-state index contributed by atoms with van der Waals surface area (Å²) >= 11 is 1.11. The van der Waals surface area contributed by atoms with Gasteiger partial charge in [-0.05, 0) is 11.4 Å².